The highest BCUT2D eigenvalue weighted by molar-refractivity contribution is 5.99. The molecule has 0 saturated carbocycles. The molecule has 1 heterocycles. The molecule has 0 aromatic carbocycles. The Labute approximate surface area is 115 Å². The first kappa shape index (κ1) is 14.1. The summed E-state index contributed by atoms with van der Waals surface area (Å²) in [5, 5.41) is 2.95. The van der Waals surface area contributed by atoms with Crippen molar-refractivity contribution in [3.05, 3.63) is 12.2 Å². The molecular weight excluding hydrogens is 240 g/mol. The number of hydrogen-bond acceptors (Lipinski definition) is 2. The molecule has 2 rings (SSSR count). The molecule has 19 heavy (non-hydrogen) atoms. The van der Waals surface area contributed by atoms with Crippen LogP contribution in [0.1, 0.15) is 52.9 Å². The van der Waals surface area contributed by atoms with Crippen LogP contribution >= 0.6 is 0 Å². The predicted octanol–water partition coefficient (Wildman–Crippen LogP) is 2.00. The van der Waals surface area contributed by atoms with Gasteiger partial charge in [-0.25, -0.2) is 0 Å². The topological polar surface area (TPSA) is 49.4 Å². The molecule has 0 aromatic rings. The van der Waals surface area contributed by atoms with Crippen molar-refractivity contribution in [1.82, 2.24) is 10.2 Å². The van der Waals surface area contributed by atoms with Crippen LogP contribution in [0, 0.1) is 0 Å². The summed E-state index contributed by atoms with van der Waals surface area (Å²) in [4.78, 5) is 26.9. The van der Waals surface area contributed by atoms with E-state index in [0.29, 0.717) is 12.8 Å². The Kier molecular flexibility index (Phi) is 3.97. The highest BCUT2D eigenvalue weighted by Crippen LogP contribution is 2.30. The number of piperazine rings is 1. The normalized spacial score (nSPS) is 30.4. The van der Waals surface area contributed by atoms with E-state index in [1.54, 1.807) is 0 Å². The molecule has 0 aromatic heterocycles. The van der Waals surface area contributed by atoms with Gasteiger partial charge in [-0.05, 0) is 39.0 Å². The van der Waals surface area contributed by atoms with E-state index < -0.39 is 5.54 Å². The number of hydrogen-bond donors (Lipinski definition) is 1. The van der Waals surface area contributed by atoms with Crippen molar-refractivity contribution in [2.45, 2.75) is 70.5 Å². The van der Waals surface area contributed by atoms with E-state index in [2.05, 4.69) is 17.5 Å². The van der Waals surface area contributed by atoms with Crippen LogP contribution in [0.3, 0.4) is 0 Å². The average Bonchev–Trinajstić information content (AvgIpc) is 2.44. The summed E-state index contributed by atoms with van der Waals surface area (Å²) < 4.78 is 0. The Morgan fingerprint density at radius 1 is 1.32 bits per heavy atom. The third-order valence-electron chi connectivity index (χ3n) is 4.64. The molecule has 1 aliphatic carbocycles. The molecule has 0 radical (unpaired) electrons. The maximum Gasteiger partial charge on any atom is 0.249 e. The lowest BCUT2D eigenvalue weighted by Gasteiger charge is -2.48. The molecule has 2 amide bonds. The minimum atomic E-state index is -0.690. The Morgan fingerprint density at radius 3 is 2.53 bits per heavy atom. The molecular formula is C15H24N2O2. The number of nitrogens with one attached hydrogen (secondary N) is 1. The summed E-state index contributed by atoms with van der Waals surface area (Å²) in [6.07, 6.45) is 8.41. The van der Waals surface area contributed by atoms with Crippen molar-refractivity contribution in [1.29, 1.82) is 0 Å². The highest BCUT2D eigenvalue weighted by atomic mass is 16.2. The standard InChI is InChI=1S/C15H24N2O2/c1-4-15(5-2)14(19)17(11(3)13(18)16-15)12-9-7-6-8-10-12/h6-7,11-12H,4-5,8-10H2,1-3H3,(H,16,18). The van der Waals surface area contributed by atoms with E-state index in [4.69, 9.17) is 0 Å². The van der Waals surface area contributed by atoms with E-state index in [0.717, 1.165) is 19.3 Å². The Bertz CT molecular complexity index is 399. The van der Waals surface area contributed by atoms with Gasteiger partial charge in [-0.3, -0.25) is 9.59 Å². The summed E-state index contributed by atoms with van der Waals surface area (Å²) in [5.74, 6) is 0.0859. The minimum Gasteiger partial charge on any atom is -0.340 e. The Morgan fingerprint density at radius 2 is 2.00 bits per heavy atom. The summed E-state index contributed by atoms with van der Waals surface area (Å²) in [6.45, 7) is 5.77. The molecule has 2 atom stereocenters. The lowest BCUT2D eigenvalue weighted by molar-refractivity contribution is -0.157. The number of carbonyl (C=O) groups is 2. The van der Waals surface area contributed by atoms with Gasteiger partial charge in [0.2, 0.25) is 11.8 Å². The van der Waals surface area contributed by atoms with Gasteiger partial charge in [0.25, 0.3) is 0 Å². The molecule has 1 aliphatic heterocycles. The fourth-order valence-corrected chi connectivity index (χ4v) is 3.18. The lowest BCUT2D eigenvalue weighted by Crippen LogP contribution is -2.71. The van der Waals surface area contributed by atoms with Crippen LogP contribution < -0.4 is 5.32 Å². The lowest BCUT2D eigenvalue weighted by atomic mass is 9.85. The summed E-state index contributed by atoms with van der Waals surface area (Å²) in [6, 6.07) is -0.175. The molecule has 4 heteroatoms. The first-order chi connectivity index (χ1) is 9.05. The van der Waals surface area contributed by atoms with Crippen molar-refractivity contribution in [3.8, 4) is 0 Å². The van der Waals surface area contributed by atoms with Crippen molar-refractivity contribution < 1.29 is 9.59 Å². The first-order valence-electron chi connectivity index (χ1n) is 7.35. The fourth-order valence-electron chi connectivity index (χ4n) is 3.18. The average molecular weight is 264 g/mol. The quantitative estimate of drug-likeness (QED) is 0.793. The second-order valence-corrected chi connectivity index (χ2v) is 5.61. The maximum atomic E-state index is 12.9. The third-order valence-corrected chi connectivity index (χ3v) is 4.64. The van der Waals surface area contributed by atoms with E-state index >= 15 is 0 Å². The van der Waals surface area contributed by atoms with Gasteiger partial charge in [-0.15, -0.1) is 0 Å². The molecule has 2 unspecified atom stereocenters. The van der Waals surface area contributed by atoms with Crippen molar-refractivity contribution in [2.24, 2.45) is 0 Å². The van der Waals surface area contributed by atoms with E-state index in [-0.39, 0.29) is 23.9 Å². The second kappa shape index (κ2) is 5.35. The Balaban J connectivity index is 2.30. The minimum absolute atomic E-state index is 0.0159. The zero-order valence-corrected chi connectivity index (χ0v) is 12.1. The van der Waals surface area contributed by atoms with Gasteiger partial charge >= 0.3 is 0 Å². The van der Waals surface area contributed by atoms with Crippen molar-refractivity contribution in [2.75, 3.05) is 0 Å². The SMILES string of the molecule is CCC1(CC)NC(=O)C(C)N(C2CC=CCC2)C1=O. The first-order valence-corrected chi connectivity index (χ1v) is 7.35. The number of rotatable bonds is 3. The zero-order valence-electron chi connectivity index (χ0n) is 12.1. The van der Waals surface area contributed by atoms with Crippen LogP contribution in [-0.2, 0) is 9.59 Å². The summed E-state index contributed by atoms with van der Waals surface area (Å²) >= 11 is 0. The molecule has 1 saturated heterocycles. The summed E-state index contributed by atoms with van der Waals surface area (Å²) in [7, 11) is 0. The van der Waals surface area contributed by atoms with E-state index in [1.165, 1.54) is 0 Å². The van der Waals surface area contributed by atoms with Gasteiger partial charge in [0, 0.05) is 6.04 Å². The largest absolute Gasteiger partial charge is 0.340 e. The third kappa shape index (κ3) is 2.28. The smallest absolute Gasteiger partial charge is 0.249 e. The van der Waals surface area contributed by atoms with Crippen LogP contribution in [0.2, 0.25) is 0 Å². The molecule has 0 bridgehead atoms. The number of nitrogens with zero attached hydrogens (tertiary/aromatic N) is 1. The highest BCUT2D eigenvalue weighted by Gasteiger charge is 2.49. The van der Waals surface area contributed by atoms with Gasteiger partial charge in [0.1, 0.15) is 11.6 Å². The summed E-state index contributed by atoms with van der Waals surface area (Å²) in [5.41, 5.74) is -0.690. The maximum absolute atomic E-state index is 12.9. The Hall–Kier alpha value is -1.32. The fraction of sp³-hybridized carbons (Fsp3) is 0.733. The zero-order chi connectivity index (χ0) is 14.0. The van der Waals surface area contributed by atoms with Crippen molar-refractivity contribution in [3.63, 3.8) is 0 Å². The monoisotopic (exact) mass is 264 g/mol. The van der Waals surface area contributed by atoms with Gasteiger partial charge in [-0.1, -0.05) is 26.0 Å². The molecule has 4 nitrogen and oxygen atoms in total. The molecule has 1 N–H and O–H groups in total. The van der Waals surface area contributed by atoms with Gasteiger partial charge in [0.15, 0.2) is 0 Å². The number of amides is 2. The molecule has 2 aliphatic rings. The van der Waals surface area contributed by atoms with Gasteiger partial charge < -0.3 is 10.2 Å². The van der Waals surface area contributed by atoms with E-state index in [1.807, 2.05) is 25.7 Å². The predicted molar refractivity (Wildman–Crippen MR) is 74.5 cm³/mol. The van der Waals surface area contributed by atoms with E-state index in [9.17, 15) is 9.59 Å². The molecule has 1 fully saturated rings. The van der Waals surface area contributed by atoms with Crippen LogP contribution in [0.4, 0.5) is 0 Å². The van der Waals surface area contributed by atoms with Gasteiger partial charge in [0.05, 0.1) is 0 Å². The van der Waals surface area contributed by atoms with Crippen LogP contribution in [0.15, 0.2) is 12.2 Å². The molecule has 0 spiro atoms. The number of carbonyl (C=O) groups excluding carboxylic acids is 2. The van der Waals surface area contributed by atoms with Crippen LogP contribution in [0.25, 0.3) is 0 Å². The van der Waals surface area contributed by atoms with Crippen LogP contribution in [0.5, 0.6) is 0 Å². The molecule has 106 valence electrons. The van der Waals surface area contributed by atoms with Gasteiger partial charge in [-0.2, -0.15) is 0 Å². The van der Waals surface area contributed by atoms with Crippen molar-refractivity contribution >= 4 is 11.8 Å². The number of allylic oxidation sites excluding steroid dienone is 1. The van der Waals surface area contributed by atoms with Crippen LogP contribution in [-0.4, -0.2) is 34.3 Å². The second-order valence-electron chi connectivity index (χ2n) is 5.61.